The quantitative estimate of drug-likeness (QED) is 0.844. The van der Waals surface area contributed by atoms with Crippen LogP contribution in [0.15, 0.2) is 10.5 Å². The van der Waals surface area contributed by atoms with Gasteiger partial charge in [0.1, 0.15) is 6.04 Å². The summed E-state index contributed by atoms with van der Waals surface area (Å²) in [6, 6.07) is 1.59. The first-order valence-corrected chi connectivity index (χ1v) is 7.22. The van der Waals surface area contributed by atoms with Crippen molar-refractivity contribution in [2.45, 2.75) is 39.8 Å². The van der Waals surface area contributed by atoms with Crippen molar-refractivity contribution in [1.82, 2.24) is 5.32 Å². The van der Waals surface area contributed by atoms with Gasteiger partial charge in [-0.15, -0.1) is 11.3 Å². The summed E-state index contributed by atoms with van der Waals surface area (Å²) in [5, 5.41) is 12.2. The molecule has 1 rings (SSSR count). The third kappa shape index (κ3) is 4.77. The summed E-state index contributed by atoms with van der Waals surface area (Å²) in [5.41, 5.74) is 0. The van der Waals surface area contributed by atoms with Crippen molar-refractivity contribution in [2.24, 2.45) is 5.92 Å². The maximum Gasteiger partial charge on any atom is 0.320 e. The summed E-state index contributed by atoms with van der Waals surface area (Å²) < 4.78 is 1.06. The molecule has 1 atom stereocenters. The van der Waals surface area contributed by atoms with Crippen LogP contribution in [0.4, 0.5) is 0 Å². The summed E-state index contributed by atoms with van der Waals surface area (Å²) in [6.45, 7) is 6.70. The van der Waals surface area contributed by atoms with E-state index in [4.69, 9.17) is 5.11 Å². The van der Waals surface area contributed by atoms with Crippen molar-refractivity contribution in [3.63, 3.8) is 0 Å². The molecule has 17 heavy (non-hydrogen) atoms. The van der Waals surface area contributed by atoms with Crippen molar-refractivity contribution < 1.29 is 9.90 Å². The zero-order valence-electron chi connectivity index (χ0n) is 10.3. The van der Waals surface area contributed by atoms with E-state index in [1.165, 1.54) is 4.88 Å². The van der Waals surface area contributed by atoms with Crippen molar-refractivity contribution in [1.29, 1.82) is 0 Å². The highest BCUT2D eigenvalue weighted by atomic mass is 79.9. The van der Waals surface area contributed by atoms with E-state index in [0.717, 1.165) is 9.35 Å². The molecule has 2 N–H and O–H groups in total. The molecule has 0 fully saturated rings. The minimum atomic E-state index is -0.775. The standard InChI is InChI=1S/C12H18BrNO2S/c1-7(2)4-10(12(15)16)14-6-11-9(13)5-8(3)17-11/h5,7,10,14H,4,6H2,1-3H3,(H,15,16)/t10-/m1/s1. The number of nitrogens with one attached hydrogen (secondary N) is 1. The summed E-state index contributed by atoms with van der Waals surface area (Å²) in [5.74, 6) is -0.403. The Labute approximate surface area is 114 Å². The van der Waals surface area contributed by atoms with Crippen LogP contribution in [-0.4, -0.2) is 17.1 Å². The highest BCUT2D eigenvalue weighted by Crippen LogP contribution is 2.26. The number of aryl methyl sites for hydroxylation is 1. The Bertz CT molecular complexity index is 390. The van der Waals surface area contributed by atoms with Gasteiger partial charge in [0.05, 0.1) is 0 Å². The average molecular weight is 320 g/mol. The van der Waals surface area contributed by atoms with Gasteiger partial charge in [0.2, 0.25) is 0 Å². The average Bonchev–Trinajstić information content (AvgIpc) is 2.51. The summed E-state index contributed by atoms with van der Waals surface area (Å²) in [7, 11) is 0. The highest BCUT2D eigenvalue weighted by molar-refractivity contribution is 9.10. The first-order valence-electron chi connectivity index (χ1n) is 5.61. The number of rotatable bonds is 6. The van der Waals surface area contributed by atoms with Crippen LogP contribution in [-0.2, 0) is 11.3 Å². The highest BCUT2D eigenvalue weighted by Gasteiger charge is 2.18. The maximum absolute atomic E-state index is 11.1. The Morgan fingerprint density at radius 2 is 2.24 bits per heavy atom. The Kier molecular flexibility index (Phi) is 5.62. The van der Waals surface area contributed by atoms with Gasteiger partial charge in [0.15, 0.2) is 0 Å². The van der Waals surface area contributed by atoms with Crippen LogP contribution in [0.2, 0.25) is 0 Å². The molecule has 5 heteroatoms. The lowest BCUT2D eigenvalue weighted by molar-refractivity contribution is -0.140. The fraction of sp³-hybridized carbons (Fsp3) is 0.583. The molecular formula is C12H18BrNO2S. The van der Waals surface area contributed by atoms with Gasteiger partial charge in [0, 0.05) is 20.8 Å². The van der Waals surface area contributed by atoms with Gasteiger partial charge in [-0.2, -0.15) is 0 Å². The van der Waals surface area contributed by atoms with E-state index < -0.39 is 12.0 Å². The maximum atomic E-state index is 11.1. The second-order valence-electron chi connectivity index (χ2n) is 4.53. The van der Waals surface area contributed by atoms with Crippen LogP contribution in [0, 0.1) is 12.8 Å². The van der Waals surface area contributed by atoms with Crippen LogP contribution in [0.25, 0.3) is 0 Å². The number of hydrogen-bond donors (Lipinski definition) is 2. The van der Waals surface area contributed by atoms with Gasteiger partial charge in [-0.25, -0.2) is 0 Å². The Morgan fingerprint density at radius 1 is 1.59 bits per heavy atom. The lowest BCUT2D eigenvalue weighted by atomic mass is 10.0. The molecule has 0 radical (unpaired) electrons. The van der Waals surface area contributed by atoms with Crippen LogP contribution in [0.1, 0.15) is 30.0 Å². The molecule has 1 aromatic rings. The second kappa shape index (κ2) is 6.52. The number of aliphatic carboxylic acids is 1. The summed E-state index contributed by atoms with van der Waals surface area (Å²) in [6.07, 6.45) is 0.650. The van der Waals surface area contributed by atoms with E-state index in [0.29, 0.717) is 18.9 Å². The molecule has 3 nitrogen and oxygen atoms in total. The number of thiophene rings is 1. The van der Waals surface area contributed by atoms with E-state index in [1.54, 1.807) is 11.3 Å². The zero-order valence-corrected chi connectivity index (χ0v) is 12.7. The van der Waals surface area contributed by atoms with Crippen molar-refractivity contribution >= 4 is 33.2 Å². The normalized spacial score (nSPS) is 13.0. The Morgan fingerprint density at radius 3 is 2.65 bits per heavy atom. The fourth-order valence-electron chi connectivity index (χ4n) is 1.61. The van der Waals surface area contributed by atoms with Gasteiger partial charge in [-0.1, -0.05) is 13.8 Å². The molecule has 96 valence electrons. The van der Waals surface area contributed by atoms with Crippen LogP contribution >= 0.6 is 27.3 Å². The minimum absolute atomic E-state index is 0.372. The predicted octanol–water partition coefficient (Wildman–Crippen LogP) is 3.41. The fourth-order valence-corrected chi connectivity index (χ4v) is 3.37. The number of carboxylic acids is 1. The Balaban J connectivity index is 2.57. The van der Waals surface area contributed by atoms with Gasteiger partial charge < -0.3 is 5.11 Å². The van der Waals surface area contributed by atoms with E-state index >= 15 is 0 Å². The number of hydrogen-bond acceptors (Lipinski definition) is 3. The van der Waals surface area contributed by atoms with Gasteiger partial charge in [-0.05, 0) is 41.3 Å². The molecule has 0 bridgehead atoms. The lowest BCUT2D eigenvalue weighted by Crippen LogP contribution is -2.37. The van der Waals surface area contributed by atoms with Gasteiger partial charge in [0.25, 0.3) is 0 Å². The zero-order chi connectivity index (χ0) is 13.0. The molecule has 0 unspecified atom stereocenters. The molecule has 0 saturated heterocycles. The predicted molar refractivity (Wildman–Crippen MR) is 74.5 cm³/mol. The van der Waals surface area contributed by atoms with E-state index in [1.807, 2.05) is 20.8 Å². The molecule has 0 spiro atoms. The first-order chi connectivity index (χ1) is 7.90. The molecule has 0 aliphatic heterocycles. The van der Waals surface area contributed by atoms with E-state index in [2.05, 4.69) is 27.3 Å². The summed E-state index contributed by atoms with van der Waals surface area (Å²) in [4.78, 5) is 13.5. The van der Waals surface area contributed by atoms with Crippen LogP contribution in [0.5, 0.6) is 0 Å². The van der Waals surface area contributed by atoms with E-state index in [-0.39, 0.29) is 0 Å². The number of carboxylic acid groups (broad SMARTS) is 1. The third-order valence-electron chi connectivity index (χ3n) is 2.39. The number of carbonyl (C=O) groups is 1. The molecular weight excluding hydrogens is 302 g/mol. The third-order valence-corrected chi connectivity index (χ3v) is 4.42. The van der Waals surface area contributed by atoms with Crippen molar-refractivity contribution in [3.8, 4) is 0 Å². The van der Waals surface area contributed by atoms with Crippen molar-refractivity contribution in [2.75, 3.05) is 0 Å². The van der Waals surface area contributed by atoms with Gasteiger partial charge in [-0.3, -0.25) is 10.1 Å². The largest absolute Gasteiger partial charge is 0.480 e. The molecule has 0 saturated carbocycles. The lowest BCUT2D eigenvalue weighted by Gasteiger charge is -2.16. The molecule has 0 aliphatic rings. The minimum Gasteiger partial charge on any atom is -0.480 e. The molecule has 0 amide bonds. The van der Waals surface area contributed by atoms with Crippen LogP contribution < -0.4 is 5.32 Å². The molecule has 1 heterocycles. The molecule has 0 aliphatic carbocycles. The second-order valence-corrected chi connectivity index (χ2v) is 6.72. The first kappa shape index (κ1) is 14.7. The van der Waals surface area contributed by atoms with Crippen LogP contribution in [0.3, 0.4) is 0 Å². The monoisotopic (exact) mass is 319 g/mol. The molecule has 1 aromatic heterocycles. The smallest absolute Gasteiger partial charge is 0.320 e. The van der Waals surface area contributed by atoms with E-state index in [9.17, 15) is 4.79 Å². The summed E-state index contributed by atoms with van der Waals surface area (Å²) >= 11 is 5.16. The number of halogens is 1. The SMILES string of the molecule is Cc1cc(Br)c(CN[C@H](CC(C)C)C(=O)O)s1. The Hall–Kier alpha value is -0.390. The topological polar surface area (TPSA) is 49.3 Å². The molecule has 0 aromatic carbocycles. The van der Waals surface area contributed by atoms with Crippen molar-refractivity contribution in [3.05, 3.63) is 20.3 Å². The van der Waals surface area contributed by atoms with Gasteiger partial charge >= 0.3 is 5.97 Å².